The largest absolute Gasteiger partial charge is 0.494 e. The SMILES string of the molecule is CCCCCOc1ccc(CNC(CC)CCO)cc1. The van der Waals surface area contributed by atoms with E-state index in [2.05, 4.69) is 31.3 Å². The lowest BCUT2D eigenvalue weighted by Crippen LogP contribution is -2.28. The van der Waals surface area contributed by atoms with Crippen LogP contribution in [0.1, 0.15) is 51.5 Å². The van der Waals surface area contributed by atoms with E-state index in [4.69, 9.17) is 9.84 Å². The molecule has 0 aliphatic rings. The molecule has 1 rings (SSSR count). The first-order valence-corrected chi connectivity index (χ1v) is 7.86. The van der Waals surface area contributed by atoms with Gasteiger partial charge < -0.3 is 15.2 Å². The highest BCUT2D eigenvalue weighted by molar-refractivity contribution is 5.27. The van der Waals surface area contributed by atoms with E-state index >= 15 is 0 Å². The fraction of sp³-hybridized carbons (Fsp3) is 0.647. The van der Waals surface area contributed by atoms with Crippen LogP contribution in [0.2, 0.25) is 0 Å². The van der Waals surface area contributed by atoms with E-state index in [0.717, 1.165) is 38.2 Å². The van der Waals surface area contributed by atoms with Crippen molar-refractivity contribution in [1.82, 2.24) is 5.32 Å². The number of hydrogen-bond acceptors (Lipinski definition) is 3. The van der Waals surface area contributed by atoms with E-state index in [1.165, 1.54) is 18.4 Å². The Morgan fingerprint density at radius 3 is 2.50 bits per heavy atom. The van der Waals surface area contributed by atoms with Crippen LogP contribution >= 0.6 is 0 Å². The minimum atomic E-state index is 0.246. The van der Waals surface area contributed by atoms with E-state index < -0.39 is 0 Å². The van der Waals surface area contributed by atoms with Crippen LogP contribution < -0.4 is 10.1 Å². The summed E-state index contributed by atoms with van der Waals surface area (Å²) in [6, 6.07) is 8.68. The quantitative estimate of drug-likeness (QED) is 0.609. The fourth-order valence-electron chi connectivity index (χ4n) is 2.11. The van der Waals surface area contributed by atoms with E-state index in [1.54, 1.807) is 0 Å². The van der Waals surface area contributed by atoms with Crippen molar-refractivity contribution in [3.63, 3.8) is 0 Å². The summed E-state index contributed by atoms with van der Waals surface area (Å²) in [5.41, 5.74) is 1.25. The summed E-state index contributed by atoms with van der Waals surface area (Å²) in [6.07, 6.45) is 5.43. The average molecular weight is 279 g/mol. The summed E-state index contributed by atoms with van der Waals surface area (Å²) in [7, 11) is 0. The summed E-state index contributed by atoms with van der Waals surface area (Å²) in [6.45, 7) is 6.23. The second-order valence-corrected chi connectivity index (χ2v) is 5.20. The Morgan fingerprint density at radius 2 is 1.90 bits per heavy atom. The maximum Gasteiger partial charge on any atom is 0.119 e. The predicted octanol–water partition coefficient (Wildman–Crippen LogP) is 3.51. The van der Waals surface area contributed by atoms with E-state index in [9.17, 15) is 0 Å². The molecule has 0 aromatic heterocycles. The smallest absolute Gasteiger partial charge is 0.119 e. The van der Waals surface area contributed by atoms with Gasteiger partial charge in [0.2, 0.25) is 0 Å². The van der Waals surface area contributed by atoms with Crippen LogP contribution in [0.4, 0.5) is 0 Å². The van der Waals surface area contributed by atoms with Gasteiger partial charge in [-0.25, -0.2) is 0 Å². The van der Waals surface area contributed by atoms with Gasteiger partial charge in [0.25, 0.3) is 0 Å². The van der Waals surface area contributed by atoms with Gasteiger partial charge in [-0.3, -0.25) is 0 Å². The van der Waals surface area contributed by atoms with Gasteiger partial charge in [-0.1, -0.05) is 38.8 Å². The first-order valence-electron chi connectivity index (χ1n) is 7.86. The number of aliphatic hydroxyl groups is 1. The molecule has 2 N–H and O–H groups in total. The standard InChI is InChI=1S/C17H29NO2/c1-3-5-6-13-20-17-9-7-15(8-10-17)14-18-16(4-2)11-12-19/h7-10,16,18-19H,3-6,11-14H2,1-2H3. The minimum Gasteiger partial charge on any atom is -0.494 e. The average Bonchev–Trinajstić information content (AvgIpc) is 2.49. The highest BCUT2D eigenvalue weighted by Gasteiger charge is 2.04. The van der Waals surface area contributed by atoms with Crippen LogP contribution in [0.3, 0.4) is 0 Å². The second-order valence-electron chi connectivity index (χ2n) is 5.20. The van der Waals surface area contributed by atoms with Gasteiger partial charge in [-0.15, -0.1) is 0 Å². The van der Waals surface area contributed by atoms with Gasteiger partial charge in [-0.05, 0) is 37.0 Å². The number of rotatable bonds is 11. The molecule has 0 aliphatic carbocycles. The Morgan fingerprint density at radius 1 is 1.15 bits per heavy atom. The Kier molecular flexibility index (Phi) is 9.09. The van der Waals surface area contributed by atoms with Crippen LogP contribution in [0.25, 0.3) is 0 Å². The normalized spacial score (nSPS) is 12.3. The first-order chi connectivity index (χ1) is 9.80. The van der Waals surface area contributed by atoms with Gasteiger partial charge in [-0.2, -0.15) is 0 Å². The molecule has 1 atom stereocenters. The van der Waals surface area contributed by atoms with Crippen molar-refractivity contribution in [2.24, 2.45) is 0 Å². The monoisotopic (exact) mass is 279 g/mol. The molecule has 20 heavy (non-hydrogen) atoms. The molecule has 114 valence electrons. The summed E-state index contributed by atoms with van der Waals surface area (Å²) < 4.78 is 5.69. The minimum absolute atomic E-state index is 0.246. The lowest BCUT2D eigenvalue weighted by Gasteiger charge is -2.15. The van der Waals surface area contributed by atoms with Gasteiger partial charge in [0, 0.05) is 19.2 Å². The van der Waals surface area contributed by atoms with Crippen molar-refractivity contribution in [3.05, 3.63) is 29.8 Å². The third-order valence-corrected chi connectivity index (χ3v) is 3.51. The van der Waals surface area contributed by atoms with E-state index in [0.29, 0.717) is 6.04 Å². The molecule has 0 saturated carbocycles. The maximum absolute atomic E-state index is 8.97. The zero-order valence-corrected chi connectivity index (χ0v) is 12.9. The Hall–Kier alpha value is -1.06. The van der Waals surface area contributed by atoms with Crippen molar-refractivity contribution < 1.29 is 9.84 Å². The van der Waals surface area contributed by atoms with Crippen molar-refractivity contribution in [1.29, 1.82) is 0 Å². The third-order valence-electron chi connectivity index (χ3n) is 3.51. The van der Waals surface area contributed by atoms with Crippen molar-refractivity contribution in [2.45, 2.75) is 58.5 Å². The Balaban J connectivity index is 2.30. The van der Waals surface area contributed by atoms with Gasteiger partial charge in [0.05, 0.1) is 6.61 Å². The molecule has 1 unspecified atom stereocenters. The highest BCUT2D eigenvalue weighted by atomic mass is 16.5. The molecule has 3 nitrogen and oxygen atoms in total. The van der Waals surface area contributed by atoms with Crippen LogP contribution in [0.15, 0.2) is 24.3 Å². The molecule has 0 amide bonds. The van der Waals surface area contributed by atoms with Crippen LogP contribution in [0.5, 0.6) is 5.75 Å². The molecule has 0 radical (unpaired) electrons. The van der Waals surface area contributed by atoms with Crippen LogP contribution in [-0.2, 0) is 6.54 Å². The molecular formula is C17H29NO2. The number of unbranched alkanes of at least 4 members (excludes halogenated alkanes) is 2. The van der Waals surface area contributed by atoms with E-state index in [-0.39, 0.29) is 6.61 Å². The molecular weight excluding hydrogens is 250 g/mol. The fourth-order valence-corrected chi connectivity index (χ4v) is 2.11. The lowest BCUT2D eigenvalue weighted by atomic mass is 10.1. The summed E-state index contributed by atoms with van der Waals surface area (Å²) in [5, 5.41) is 12.4. The number of nitrogens with one attached hydrogen (secondary N) is 1. The second kappa shape index (κ2) is 10.7. The number of benzene rings is 1. The molecule has 0 saturated heterocycles. The highest BCUT2D eigenvalue weighted by Crippen LogP contribution is 2.13. The van der Waals surface area contributed by atoms with E-state index in [1.807, 2.05) is 12.1 Å². The zero-order chi connectivity index (χ0) is 14.6. The number of ether oxygens (including phenoxy) is 1. The molecule has 0 bridgehead atoms. The predicted molar refractivity (Wildman–Crippen MR) is 84.1 cm³/mol. The Bertz CT molecular complexity index is 337. The topological polar surface area (TPSA) is 41.5 Å². The van der Waals surface area contributed by atoms with Gasteiger partial charge in [0.15, 0.2) is 0 Å². The Labute approximate surface area is 123 Å². The maximum atomic E-state index is 8.97. The van der Waals surface area contributed by atoms with Crippen molar-refractivity contribution in [3.8, 4) is 5.75 Å². The first kappa shape index (κ1) is 17.0. The van der Waals surface area contributed by atoms with Crippen LogP contribution in [0, 0.1) is 0 Å². The van der Waals surface area contributed by atoms with Crippen molar-refractivity contribution >= 4 is 0 Å². The van der Waals surface area contributed by atoms with Crippen molar-refractivity contribution in [2.75, 3.05) is 13.2 Å². The zero-order valence-electron chi connectivity index (χ0n) is 12.9. The van der Waals surface area contributed by atoms with Gasteiger partial charge in [0.1, 0.15) is 5.75 Å². The summed E-state index contributed by atoms with van der Waals surface area (Å²) in [4.78, 5) is 0. The third kappa shape index (κ3) is 6.92. The number of aliphatic hydroxyl groups excluding tert-OH is 1. The summed E-state index contributed by atoms with van der Waals surface area (Å²) in [5.74, 6) is 0.951. The molecule has 0 fully saturated rings. The molecule has 0 heterocycles. The molecule has 3 heteroatoms. The molecule has 1 aromatic carbocycles. The summed E-state index contributed by atoms with van der Waals surface area (Å²) >= 11 is 0. The van der Waals surface area contributed by atoms with Gasteiger partial charge >= 0.3 is 0 Å². The van der Waals surface area contributed by atoms with Crippen LogP contribution in [-0.4, -0.2) is 24.4 Å². The molecule has 0 spiro atoms. The number of hydrogen-bond donors (Lipinski definition) is 2. The molecule has 1 aromatic rings. The lowest BCUT2D eigenvalue weighted by molar-refractivity contribution is 0.262. The molecule has 0 aliphatic heterocycles.